The first-order chi connectivity index (χ1) is 17.9. The first-order valence-electron chi connectivity index (χ1n) is 12.7. The highest BCUT2D eigenvalue weighted by molar-refractivity contribution is 6.06. The lowest BCUT2D eigenvalue weighted by atomic mass is 9.78. The fourth-order valence-corrected chi connectivity index (χ4v) is 5.44. The number of methoxy groups -OCH3 is 2. The SMILES string of the molecule is CCC(=O)N1c2ccccc2NC2=C(C(=O)C[C@@H](c3ccc(OC)c(OC)c3)C2)[C@@H]1c1ccc(C)cc1. The van der Waals surface area contributed by atoms with Crippen LogP contribution in [0.2, 0.25) is 0 Å². The van der Waals surface area contributed by atoms with Gasteiger partial charge in [0.05, 0.1) is 31.6 Å². The van der Waals surface area contributed by atoms with Gasteiger partial charge in [0, 0.05) is 24.1 Å². The molecule has 1 aliphatic carbocycles. The molecule has 3 aromatic rings. The largest absolute Gasteiger partial charge is 0.493 e. The van der Waals surface area contributed by atoms with Crippen LogP contribution in [0.25, 0.3) is 0 Å². The van der Waals surface area contributed by atoms with Gasteiger partial charge in [-0.05, 0) is 54.7 Å². The van der Waals surface area contributed by atoms with Crippen LogP contribution in [-0.4, -0.2) is 25.9 Å². The zero-order valence-corrected chi connectivity index (χ0v) is 21.7. The number of nitrogens with one attached hydrogen (secondary N) is 1. The fourth-order valence-electron chi connectivity index (χ4n) is 5.44. The van der Waals surface area contributed by atoms with Gasteiger partial charge in [-0.25, -0.2) is 0 Å². The number of hydrogen-bond acceptors (Lipinski definition) is 5. The van der Waals surface area contributed by atoms with E-state index in [4.69, 9.17) is 9.47 Å². The van der Waals surface area contributed by atoms with Gasteiger partial charge in [0.1, 0.15) is 0 Å². The van der Waals surface area contributed by atoms with E-state index in [1.807, 2.05) is 85.5 Å². The Kier molecular flexibility index (Phi) is 6.74. The molecule has 1 amide bonds. The summed E-state index contributed by atoms with van der Waals surface area (Å²) in [6, 6.07) is 21.3. The minimum atomic E-state index is -0.502. The fraction of sp³-hybridized carbons (Fsp3) is 0.290. The first-order valence-corrected chi connectivity index (χ1v) is 12.7. The molecule has 0 unspecified atom stereocenters. The van der Waals surface area contributed by atoms with Crippen molar-refractivity contribution in [3.05, 3.63) is 94.7 Å². The third kappa shape index (κ3) is 4.48. The number of benzene rings is 3. The van der Waals surface area contributed by atoms with Crippen LogP contribution < -0.4 is 19.7 Å². The summed E-state index contributed by atoms with van der Waals surface area (Å²) in [4.78, 5) is 29.3. The van der Waals surface area contributed by atoms with Crippen LogP contribution in [0.1, 0.15) is 54.8 Å². The Morgan fingerprint density at radius 3 is 2.35 bits per heavy atom. The number of Topliss-reactive ketones (excluding diaryl/α,β-unsaturated/α-hetero) is 1. The highest BCUT2D eigenvalue weighted by Crippen LogP contribution is 2.48. The van der Waals surface area contributed by atoms with E-state index in [-0.39, 0.29) is 17.6 Å². The standard InChI is InChI=1S/C31H32N2O4/c1-5-29(35)33-25-9-7-6-8-23(25)32-24-16-22(21-14-15-27(36-3)28(18-21)37-4)17-26(34)30(24)31(33)20-12-10-19(2)11-13-20/h6-15,18,22,31-32H,5,16-17H2,1-4H3/t22-,31-/m0/s1. The Morgan fingerprint density at radius 1 is 0.946 bits per heavy atom. The van der Waals surface area contributed by atoms with Crippen molar-refractivity contribution in [2.45, 2.75) is 45.1 Å². The van der Waals surface area contributed by atoms with Gasteiger partial charge in [-0.3, -0.25) is 14.5 Å². The van der Waals surface area contributed by atoms with Crippen LogP contribution in [0, 0.1) is 6.92 Å². The maximum Gasteiger partial charge on any atom is 0.227 e. The number of hydrogen-bond donors (Lipinski definition) is 1. The summed E-state index contributed by atoms with van der Waals surface area (Å²) in [5.74, 6) is 1.29. The number of anilines is 2. The number of amides is 1. The highest BCUT2D eigenvalue weighted by Gasteiger charge is 2.41. The Morgan fingerprint density at radius 2 is 1.65 bits per heavy atom. The average molecular weight is 497 g/mol. The Labute approximate surface area is 217 Å². The van der Waals surface area contributed by atoms with E-state index < -0.39 is 6.04 Å². The molecule has 0 fully saturated rings. The van der Waals surface area contributed by atoms with Gasteiger partial charge in [-0.15, -0.1) is 0 Å². The molecule has 5 rings (SSSR count). The summed E-state index contributed by atoms with van der Waals surface area (Å²) < 4.78 is 10.9. The smallest absolute Gasteiger partial charge is 0.227 e. The average Bonchev–Trinajstić information content (AvgIpc) is 3.07. The maximum atomic E-state index is 14.0. The molecule has 1 aliphatic heterocycles. The minimum Gasteiger partial charge on any atom is -0.493 e. The molecule has 6 heteroatoms. The van der Waals surface area contributed by atoms with Crippen molar-refractivity contribution in [3.63, 3.8) is 0 Å². The van der Waals surface area contributed by atoms with Crippen molar-refractivity contribution in [2.24, 2.45) is 0 Å². The van der Waals surface area contributed by atoms with Gasteiger partial charge in [-0.1, -0.05) is 55.0 Å². The second-order valence-electron chi connectivity index (χ2n) is 9.61. The summed E-state index contributed by atoms with van der Waals surface area (Å²) >= 11 is 0. The van der Waals surface area contributed by atoms with E-state index in [0.717, 1.165) is 33.8 Å². The van der Waals surface area contributed by atoms with Crippen LogP contribution >= 0.6 is 0 Å². The molecule has 37 heavy (non-hydrogen) atoms. The molecular weight excluding hydrogens is 464 g/mol. The normalized spacial score (nSPS) is 18.9. The van der Waals surface area contributed by atoms with E-state index in [1.165, 1.54) is 0 Å². The molecular formula is C31H32N2O4. The van der Waals surface area contributed by atoms with Crippen molar-refractivity contribution >= 4 is 23.1 Å². The van der Waals surface area contributed by atoms with Gasteiger partial charge >= 0.3 is 0 Å². The van der Waals surface area contributed by atoms with Gasteiger partial charge < -0.3 is 14.8 Å². The molecule has 0 bridgehead atoms. The molecule has 0 aromatic heterocycles. The molecule has 2 atom stereocenters. The maximum absolute atomic E-state index is 14.0. The molecule has 1 heterocycles. The molecule has 0 saturated carbocycles. The summed E-state index contributed by atoms with van der Waals surface area (Å²) in [5.41, 5.74) is 6.21. The minimum absolute atomic E-state index is 0.0246. The van der Waals surface area contributed by atoms with Crippen molar-refractivity contribution in [3.8, 4) is 11.5 Å². The predicted octanol–water partition coefficient (Wildman–Crippen LogP) is 6.32. The monoisotopic (exact) mass is 496 g/mol. The zero-order chi connectivity index (χ0) is 26.1. The Bertz CT molecular complexity index is 1380. The summed E-state index contributed by atoms with van der Waals surface area (Å²) in [7, 11) is 3.23. The van der Waals surface area contributed by atoms with Gasteiger partial charge in [0.2, 0.25) is 5.91 Å². The quantitative estimate of drug-likeness (QED) is 0.448. The van der Waals surface area contributed by atoms with E-state index in [1.54, 1.807) is 14.2 Å². The topological polar surface area (TPSA) is 67.9 Å². The lowest BCUT2D eigenvalue weighted by molar-refractivity contribution is -0.119. The van der Waals surface area contributed by atoms with E-state index in [2.05, 4.69) is 5.32 Å². The molecule has 190 valence electrons. The van der Waals surface area contributed by atoms with E-state index in [0.29, 0.717) is 36.3 Å². The predicted molar refractivity (Wildman–Crippen MR) is 145 cm³/mol. The summed E-state index contributed by atoms with van der Waals surface area (Å²) in [6.45, 7) is 3.90. The number of nitrogens with zero attached hydrogens (tertiary/aromatic N) is 1. The van der Waals surface area contributed by atoms with Crippen molar-refractivity contribution in [2.75, 3.05) is 24.4 Å². The van der Waals surface area contributed by atoms with Gasteiger partial charge in [0.15, 0.2) is 17.3 Å². The Balaban J connectivity index is 1.67. The third-order valence-corrected chi connectivity index (χ3v) is 7.33. The molecule has 2 aliphatic rings. The molecule has 3 aromatic carbocycles. The lowest BCUT2D eigenvalue weighted by Crippen LogP contribution is -2.38. The number of para-hydroxylation sites is 2. The van der Waals surface area contributed by atoms with Crippen LogP contribution in [0.15, 0.2) is 78.0 Å². The van der Waals surface area contributed by atoms with Crippen molar-refractivity contribution in [1.82, 2.24) is 0 Å². The second-order valence-corrected chi connectivity index (χ2v) is 9.61. The zero-order valence-electron chi connectivity index (χ0n) is 21.7. The number of fused-ring (bicyclic) bond motifs is 1. The number of rotatable bonds is 5. The number of allylic oxidation sites excluding steroid dienone is 1. The van der Waals surface area contributed by atoms with E-state index >= 15 is 0 Å². The van der Waals surface area contributed by atoms with Crippen LogP contribution in [-0.2, 0) is 9.59 Å². The van der Waals surface area contributed by atoms with Gasteiger partial charge in [0.25, 0.3) is 0 Å². The molecule has 0 radical (unpaired) electrons. The number of carbonyl (C=O) groups is 2. The molecule has 0 saturated heterocycles. The molecule has 1 N–H and O–H groups in total. The number of carbonyl (C=O) groups excluding carboxylic acids is 2. The summed E-state index contributed by atoms with van der Waals surface area (Å²) in [5, 5.41) is 3.57. The number of ketones is 1. The lowest BCUT2D eigenvalue weighted by Gasteiger charge is -2.35. The number of ether oxygens (including phenoxy) is 2. The second kappa shape index (κ2) is 10.1. The van der Waals surface area contributed by atoms with Crippen LogP contribution in [0.5, 0.6) is 11.5 Å². The first kappa shape index (κ1) is 24.6. The van der Waals surface area contributed by atoms with Gasteiger partial charge in [-0.2, -0.15) is 0 Å². The molecule has 6 nitrogen and oxygen atoms in total. The molecule has 0 spiro atoms. The highest BCUT2D eigenvalue weighted by atomic mass is 16.5. The van der Waals surface area contributed by atoms with E-state index in [9.17, 15) is 9.59 Å². The van der Waals surface area contributed by atoms with Crippen LogP contribution in [0.4, 0.5) is 11.4 Å². The van der Waals surface area contributed by atoms with Crippen molar-refractivity contribution < 1.29 is 19.1 Å². The Hall–Kier alpha value is -4.06. The van der Waals surface area contributed by atoms with Crippen molar-refractivity contribution in [1.29, 1.82) is 0 Å². The van der Waals surface area contributed by atoms with Crippen LogP contribution in [0.3, 0.4) is 0 Å². The summed E-state index contributed by atoms with van der Waals surface area (Å²) in [6.07, 6.45) is 1.33. The third-order valence-electron chi connectivity index (χ3n) is 7.33. The number of aryl methyl sites for hydroxylation is 1.